The van der Waals surface area contributed by atoms with E-state index in [0.717, 1.165) is 0 Å². The zero-order valence-electron chi connectivity index (χ0n) is 18.9. The summed E-state index contributed by atoms with van der Waals surface area (Å²) >= 11 is 12.5. The number of ketones is 1. The summed E-state index contributed by atoms with van der Waals surface area (Å²) in [5.41, 5.74) is 0.518. The van der Waals surface area contributed by atoms with Crippen molar-refractivity contribution in [1.82, 2.24) is 0 Å². The lowest BCUT2D eigenvalue weighted by Gasteiger charge is -2.15. The Hall–Kier alpha value is -3.04. The number of ether oxygens (including phenoxy) is 4. The lowest BCUT2D eigenvalue weighted by molar-refractivity contribution is -0.126. The van der Waals surface area contributed by atoms with Crippen LogP contribution in [0.3, 0.4) is 0 Å². The third-order valence-corrected chi connectivity index (χ3v) is 4.88. The molecule has 0 radical (unpaired) electrons. The Kier molecular flexibility index (Phi) is 9.74. The van der Waals surface area contributed by atoms with E-state index in [4.69, 9.17) is 42.1 Å². The average molecular weight is 498 g/mol. The van der Waals surface area contributed by atoms with Crippen LogP contribution in [0.4, 0.5) is 11.4 Å². The fourth-order valence-electron chi connectivity index (χ4n) is 2.77. The molecule has 33 heavy (non-hydrogen) atoms. The number of benzene rings is 2. The van der Waals surface area contributed by atoms with Crippen molar-refractivity contribution in [2.45, 2.75) is 26.8 Å². The molecule has 178 valence electrons. The van der Waals surface area contributed by atoms with Crippen LogP contribution in [0.1, 0.15) is 20.8 Å². The lowest BCUT2D eigenvalue weighted by atomic mass is 10.2. The second kappa shape index (κ2) is 12.3. The molecule has 0 spiro atoms. The molecular weight excluding hydrogens is 473 g/mol. The van der Waals surface area contributed by atoms with Crippen molar-refractivity contribution in [2.24, 2.45) is 10.2 Å². The van der Waals surface area contributed by atoms with Crippen molar-refractivity contribution in [3.05, 3.63) is 34.3 Å². The summed E-state index contributed by atoms with van der Waals surface area (Å²) in [6.07, 6.45) is 0. The van der Waals surface area contributed by atoms with Gasteiger partial charge in [-0.05, 0) is 20.8 Å². The molecule has 2 rings (SSSR count). The van der Waals surface area contributed by atoms with Crippen LogP contribution < -0.4 is 24.3 Å². The molecule has 0 saturated heterocycles. The summed E-state index contributed by atoms with van der Waals surface area (Å²) in [5.74, 6) is 0.0547. The van der Waals surface area contributed by atoms with Gasteiger partial charge in [0.15, 0.2) is 11.5 Å². The van der Waals surface area contributed by atoms with Gasteiger partial charge >= 0.3 is 0 Å². The second-order valence-corrected chi connectivity index (χ2v) is 7.32. The van der Waals surface area contributed by atoms with Crippen LogP contribution in [0.25, 0.3) is 0 Å². The highest BCUT2D eigenvalue weighted by atomic mass is 35.5. The number of carbonyl (C=O) groups excluding carboxylic acids is 2. The number of nitrogens with zero attached hydrogens (tertiary/aromatic N) is 2. The van der Waals surface area contributed by atoms with Gasteiger partial charge < -0.3 is 24.3 Å². The standard InChI is InChI=1S/C22H25Cl2N3O6/c1-6-32-17-8-13(9-18(19(17)24)33-7-2)26-27-20(12(3)28)22(29)25-16-11-14(30-4)10-15(23)21(16)31-5/h8-11,20H,6-7H2,1-5H3,(H,25,29). The van der Waals surface area contributed by atoms with Crippen molar-refractivity contribution in [3.8, 4) is 23.0 Å². The monoisotopic (exact) mass is 497 g/mol. The third kappa shape index (κ3) is 6.72. The molecule has 0 saturated carbocycles. The van der Waals surface area contributed by atoms with Crippen molar-refractivity contribution in [3.63, 3.8) is 0 Å². The van der Waals surface area contributed by atoms with E-state index < -0.39 is 17.7 Å². The first-order chi connectivity index (χ1) is 15.7. The molecular formula is C22H25Cl2N3O6. The number of methoxy groups -OCH3 is 2. The minimum Gasteiger partial charge on any atom is -0.497 e. The maximum Gasteiger partial charge on any atom is 0.258 e. The summed E-state index contributed by atoms with van der Waals surface area (Å²) < 4.78 is 21.4. The highest BCUT2D eigenvalue weighted by Gasteiger charge is 2.25. The van der Waals surface area contributed by atoms with Crippen LogP contribution in [-0.2, 0) is 9.59 Å². The largest absolute Gasteiger partial charge is 0.497 e. The number of halogens is 2. The lowest BCUT2D eigenvalue weighted by Crippen LogP contribution is -2.32. The summed E-state index contributed by atoms with van der Waals surface area (Å²) in [7, 11) is 2.85. The van der Waals surface area contributed by atoms with E-state index in [9.17, 15) is 9.59 Å². The Morgan fingerprint density at radius 1 is 1.00 bits per heavy atom. The van der Waals surface area contributed by atoms with Gasteiger partial charge in [-0.3, -0.25) is 9.59 Å². The zero-order valence-corrected chi connectivity index (χ0v) is 20.4. The van der Waals surface area contributed by atoms with Crippen LogP contribution in [0.15, 0.2) is 34.5 Å². The SMILES string of the molecule is CCOc1cc(N=NC(C(C)=O)C(=O)Nc2cc(OC)cc(Cl)c2OC)cc(OCC)c1Cl. The van der Waals surface area contributed by atoms with Crippen molar-refractivity contribution in [2.75, 3.05) is 32.8 Å². The minimum absolute atomic E-state index is 0.213. The summed E-state index contributed by atoms with van der Waals surface area (Å²) in [6, 6.07) is 4.69. The summed E-state index contributed by atoms with van der Waals surface area (Å²) in [5, 5.41) is 11.1. The number of hydrogen-bond donors (Lipinski definition) is 1. The molecule has 0 bridgehead atoms. The highest BCUT2D eigenvalue weighted by molar-refractivity contribution is 6.33. The van der Waals surface area contributed by atoms with Crippen LogP contribution in [0.5, 0.6) is 23.0 Å². The van der Waals surface area contributed by atoms with Crippen LogP contribution in [0.2, 0.25) is 10.0 Å². The number of carbonyl (C=O) groups is 2. The number of azo groups is 1. The van der Waals surface area contributed by atoms with Crippen molar-refractivity contribution >= 4 is 46.3 Å². The zero-order chi connectivity index (χ0) is 24.5. The molecule has 2 aromatic rings. The first kappa shape index (κ1) is 26.2. The molecule has 0 fully saturated rings. The second-order valence-electron chi connectivity index (χ2n) is 6.53. The molecule has 1 unspecified atom stereocenters. The van der Waals surface area contributed by atoms with E-state index in [1.807, 2.05) is 0 Å². The average Bonchev–Trinajstić information content (AvgIpc) is 2.76. The fraction of sp³-hybridized carbons (Fsp3) is 0.364. The van der Waals surface area contributed by atoms with E-state index in [1.165, 1.54) is 45.4 Å². The Morgan fingerprint density at radius 2 is 1.61 bits per heavy atom. The maximum atomic E-state index is 12.9. The first-order valence-corrected chi connectivity index (χ1v) is 10.7. The van der Waals surface area contributed by atoms with E-state index in [1.54, 1.807) is 13.8 Å². The van der Waals surface area contributed by atoms with Gasteiger partial charge in [-0.1, -0.05) is 23.2 Å². The topological polar surface area (TPSA) is 108 Å². The van der Waals surface area contributed by atoms with Gasteiger partial charge in [0, 0.05) is 24.3 Å². The molecule has 11 heteroatoms. The third-order valence-electron chi connectivity index (χ3n) is 4.23. The number of anilines is 1. The van der Waals surface area contributed by atoms with Crippen LogP contribution in [0, 0.1) is 0 Å². The normalized spacial score (nSPS) is 11.7. The van der Waals surface area contributed by atoms with Gasteiger partial charge in [0.05, 0.1) is 43.8 Å². The predicted octanol–water partition coefficient (Wildman–Crippen LogP) is 5.49. The Morgan fingerprint density at radius 3 is 2.09 bits per heavy atom. The maximum absolute atomic E-state index is 12.9. The van der Waals surface area contributed by atoms with Crippen molar-refractivity contribution < 1.29 is 28.5 Å². The highest BCUT2D eigenvalue weighted by Crippen LogP contribution is 2.39. The molecule has 0 heterocycles. The molecule has 1 amide bonds. The number of hydrogen-bond acceptors (Lipinski definition) is 8. The number of rotatable bonds is 11. The molecule has 0 aliphatic carbocycles. The van der Waals surface area contributed by atoms with Crippen LogP contribution >= 0.6 is 23.2 Å². The first-order valence-electron chi connectivity index (χ1n) is 9.98. The molecule has 0 aliphatic heterocycles. The summed E-state index contributed by atoms with van der Waals surface area (Å²) in [6.45, 7) is 5.59. The van der Waals surface area contributed by atoms with Crippen molar-refractivity contribution in [1.29, 1.82) is 0 Å². The van der Waals surface area contributed by atoms with E-state index in [0.29, 0.717) is 41.2 Å². The number of amides is 1. The smallest absolute Gasteiger partial charge is 0.258 e. The van der Waals surface area contributed by atoms with Gasteiger partial charge in [-0.15, -0.1) is 0 Å². The van der Waals surface area contributed by atoms with Gasteiger partial charge in [0.2, 0.25) is 6.04 Å². The van der Waals surface area contributed by atoms with E-state index >= 15 is 0 Å². The Balaban J connectivity index is 2.36. The molecule has 2 aromatic carbocycles. The fourth-order valence-corrected chi connectivity index (χ4v) is 3.27. The van der Waals surface area contributed by atoms with Crippen LogP contribution in [-0.4, -0.2) is 45.2 Å². The molecule has 0 aromatic heterocycles. The molecule has 1 N–H and O–H groups in total. The summed E-state index contributed by atoms with van der Waals surface area (Å²) in [4.78, 5) is 25.0. The van der Waals surface area contributed by atoms with Gasteiger partial charge in [0.25, 0.3) is 5.91 Å². The Bertz CT molecular complexity index is 1020. The van der Waals surface area contributed by atoms with Gasteiger partial charge in [-0.25, -0.2) is 0 Å². The molecule has 1 atom stereocenters. The van der Waals surface area contributed by atoms with E-state index in [2.05, 4.69) is 15.5 Å². The molecule has 0 aliphatic rings. The quantitative estimate of drug-likeness (QED) is 0.324. The van der Waals surface area contributed by atoms with E-state index in [-0.39, 0.29) is 16.5 Å². The number of Topliss-reactive ketones (excluding diaryl/α,β-unsaturated/α-hetero) is 1. The van der Waals surface area contributed by atoms with Gasteiger partial charge in [-0.2, -0.15) is 10.2 Å². The van der Waals surface area contributed by atoms with Gasteiger partial charge in [0.1, 0.15) is 22.3 Å². The molecule has 9 nitrogen and oxygen atoms in total. The predicted molar refractivity (Wildman–Crippen MR) is 126 cm³/mol. The minimum atomic E-state index is -1.43. The Labute approximate surface area is 202 Å². The number of nitrogens with one attached hydrogen (secondary N) is 1.